The third kappa shape index (κ3) is 4.18. The first kappa shape index (κ1) is 21.4. The minimum absolute atomic E-state index is 0.00402. The molecule has 1 aliphatic heterocycles. The molecule has 1 aliphatic carbocycles. The van der Waals surface area contributed by atoms with Crippen LogP contribution in [0.15, 0.2) is 18.3 Å². The lowest BCUT2D eigenvalue weighted by Gasteiger charge is -2.35. The number of benzene rings is 1. The molecule has 0 bridgehead atoms. The fraction of sp³-hybridized carbons (Fsp3) is 0.542. The fourth-order valence-corrected chi connectivity index (χ4v) is 4.99. The van der Waals surface area contributed by atoms with Gasteiger partial charge in [-0.15, -0.1) is 0 Å². The number of piperidine rings is 1. The molecule has 0 unspecified atom stereocenters. The van der Waals surface area contributed by atoms with Crippen molar-refractivity contribution in [2.24, 2.45) is 11.8 Å². The van der Waals surface area contributed by atoms with Gasteiger partial charge < -0.3 is 19.1 Å². The average Bonchev–Trinajstić information content (AvgIpc) is 2.76. The number of Topliss-reactive ketones (excluding diaryl/α,β-unsaturated/α-hetero) is 1. The third-order valence-electron chi connectivity index (χ3n) is 6.34. The molecule has 3 atom stereocenters. The highest BCUT2D eigenvalue weighted by Crippen LogP contribution is 2.42. The van der Waals surface area contributed by atoms with Gasteiger partial charge >= 0.3 is 0 Å². The van der Waals surface area contributed by atoms with Gasteiger partial charge in [-0.2, -0.15) is 0 Å². The molecule has 0 amide bonds. The van der Waals surface area contributed by atoms with Crippen molar-refractivity contribution in [3.8, 4) is 17.2 Å². The number of aromatic nitrogens is 2. The summed E-state index contributed by atoms with van der Waals surface area (Å²) in [4.78, 5) is 24.6. The Morgan fingerprint density at radius 3 is 2.19 bits per heavy atom. The van der Waals surface area contributed by atoms with Crippen molar-refractivity contribution in [2.75, 3.05) is 39.3 Å². The molecule has 4 rings (SSSR count). The Morgan fingerprint density at radius 2 is 1.61 bits per heavy atom. The smallest absolute Gasteiger partial charge is 0.225 e. The number of methoxy groups -OCH3 is 3. The summed E-state index contributed by atoms with van der Waals surface area (Å²) < 4.78 is 16.4. The Morgan fingerprint density at radius 1 is 0.968 bits per heavy atom. The number of carbonyl (C=O) groups excluding carboxylic acids is 1. The van der Waals surface area contributed by atoms with Crippen molar-refractivity contribution < 1.29 is 19.0 Å². The second-order valence-corrected chi connectivity index (χ2v) is 8.87. The number of hydrogen-bond donors (Lipinski definition) is 0. The van der Waals surface area contributed by atoms with Crippen molar-refractivity contribution in [1.82, 2.24) is 9.97 Å². The maximum atomic E-state index is 12.9. The van der Waals surface area contributed by atoms with Crippen LogP contribution >= 0.6 is 0 Å². The van der Waals surface area contributed by atoms with Crippen LogP contribution in [0.1, 0.15) is 54.2 Å². The number of anilines is 1. The van der Waals surface area contributed by atoms with Gasteiger partial charge in [-0.25, -0.2) is 9.97 Å². The van der Waals surface area contributed by atoms with Crippen LogP contribution in [-0.4, -0.2) is 50.2 Å². The SMILES string of the molecule is COc1cc([C@H]2CC(=O)c3cnc(N4C[C@@H](C)C[C@H](C)C4)nc3C2)cc(OC)c1OC. The van der Waals surface area contributed by atoms with Gasteiger partial charge in [0, 0.05) is 25.7 Å². The zero-order valence-electron chi connectivity index (χ0n) is 19.0. The first-order valence-electron chi connectivity index (χ1n) is 10.9. The predicted octanol–water partition coefficient (Wildman–Crippen LogP) is 3.90. The Labute approximate surface area is 183 Å². The number of carbonyl (C=O) groups is 1. The van der Waals surface area contributed by atoms with Crippen molar-refractivity contribution >= 4 is 11.7 Å². The summed E-state index contributed by atoms with van der Waals surface area (Å²) in [6, 6.07) is 3.86. The van der Waals surface area contributed by atoms with E-state index in [1.54, 1.807) is 27.5 Å². The van der Waals surface area contributed by atoms with Gasteiger partial charge in [0.05, 0.1) is 32.6 Å². The minimum Gasteiger partial charge on any atom is -0.493 e. The number of fused-ring (bicyclic) bond motifs is 1. The lowest BCUT2D eigenvalue weighted by molar-refractivity contribution is 0.0962. The molecule has 7 heteroatoms. The summed E-state index contributed by atoms with van der Waals surface area (Å²) >= 11 is 0. The summed E-state index contributed by atoms with van der Waals surface area (Å²) in [5.41, 5.74) is 2.45. The second kappa shape index (κ2) is 8.73. The molecule has 1 aromatic heterocycles. The lowest BCUT2D eigenvalue weighted by atomic mass is 9.82. The van der Waals surface area contributed by atoms with Gasteiger partial charge in [0.1, 0.15) is 0 Å². The molecule has 0 N–H and O–H groups in total. The number of hydrogen-bond acceptors (Lipinski definition) is 7. The Hall–Kier alpha value is -2.83. The van der Waals surface area contributed by atoms with Crippen LogP contribution in [-0.2, 0) is 6.42 Å². The summed E-state index contributed by atoms with van der Waals surface area (Å²) in [5.74, 6) is 3.76. The molecular formula is C24H31N3O4. The van der Waals surface area contributed by atoms with E-state index in [0.29, 0.717) is 47.5 Å². The van der Waals surface area contributed by atoms with Crippen LogP contribution in [0.2, 0.25) is 0 Å². The minimum atomic E-state index is -0.00402. The van der Waals surface area contributed by atoms with Gasteiger partial charge in [0.25, 0.3) is 0 Å². The lowest BCUT2D eigenvalue weighted by Crippen LogP contribution is -2.40. The largest absolute Gasteiger partial charge is 0.493 e. The molecule has 0 saturated carbocycles. The van der Waals surface area contributed by atoms with E-state index in [-0.39, 0.29) is 11.7 Å². The molecule has 2 heterocycles. The van der Waals surface area contributed by atoms with Crippen LogP contribution in [0.25, 0.3) is 0 Å². The Balaban J connectivity index is 1.65. The normalized spacial score (nSPS) is 23.3. The first-order valence-corrected chi connectivity index (χ1v) is 10.9. The standard InChI is InChI=1S/C24H31N3O4/c1-14-6-15(2)13-27(12-14)24-25-11-18-19(26-24)7-16(8-20(18)28)17-9-21(29-3)23(31-5)22(10-17)30-4/h9-11,14-16H,6-8,12-13H2,1-5H3/t14-,15-,16+/m0/s1. The molecule has 2 aliphatic rings. The van der Waals surface area contributed by atoms with E-state index < -0.39 is 0 Å². The van der Waals surface area contributed by atoms with Crippen LogP contribution in [0.5, 0.6) is 17.2 Å². The summed E-state index contributed by atoms with van der Waals surface area (Å²) in [6.07, 6.45) is 4.03. The molecule has 0 radical (unpaired) electrons. The number of nitrogens with zero attached hydrogens (tertiary/aromatic N) is 3. The van der Waals surface area contributed by atoms with Crippen molar-refractivity contribution in [3.63, 3.8) is 0 Å². The highest BCUT2D eigenvalue weighted by molar-refractivity contribution is 5.98. The third-order valence-corrected chi connectivity index (χ3v) is 6.34. The summed E-state index contributed by atoms with van der Waals surface area (Å²) in [6.45, 7) is 6.44. The molecule has 1 aromatic carbocycles. The molecule has 2 aromatic rings. The molecule has 166 valence electrons. The van der Waals surface area contributed by atoms with E-state index in [2.05, 4.69) is 23.7 Å². The first-order chi connectivity index (χ1) is 14.9. The van der Waals surface area contributed by atoms with Crippen molar-refractivity contribution in [3.05, 3.63) is 35.2 Å². The topological polar surface area (TPSA) is 73.8 Å². The van der Waals surface area contributed by atoms with Gasteiger partial charge in [0.2, 0.25) is 11.7 Å². The summed E-state index contributed by atoms with van der Waals surface area (Å²) in [7, 11) is 4.78. The zero-order chi connectivity index (χ0) is 22.1. The van der Waals surface area contributed by atoms with Gasteiger partial charge in [-0.1, -0.05) is 13.8 Å². The molecule has 1 fully saturated rings. The molecule has 1 saturated heterocycles. The maximum Gasteiger partial charge on any atom is 0.225 e. The second-order valence-electron chi connectivity index (χ2n) is 8.87. The van der Waals surface area contributed by atoms with E-state index in [4.69, 9.17) is 19.2 Å². The van der Waals surface area contributed by atoms with E-state index in [1.807, 2.05) is 12.1 Å². The molecule has 7 nitrogen and oxygen atoms in total. The van der Waals surface area contributed by atoms with Crippen LogP contribution < -0.4 is 19.1 Å². The van der Waals surface area contributed by atoms with Crippen molar-refractivity contribution in [1.29, 1.82) is 0 Å². The van der Waals surface area contributed by atoms with E-state index >= 15 is 0 Å². The maximum absolute atomic E-state index is 12.9. The Bertz CT molecular complexity index is 942. The van der Waals surface area contributed by atoms with E-state index in [0.717, 1.165) is 30.3 Å². The van der Waals surface area contributed by atoms with Crippen LogP contribution in [0.4, 0.5) is 5.95 Å². The Kier molecular flexibility index (Phi) is 6.03. The monoisotopic (exact) mass is 425 g/mol. The predicted molar refractivity (Wildman–Crippen MR) is 119 cm³/mol. The van der Waals surface area contributed by atoms with E-state index in [1.165, 1.54) is 6.42 Å². The zero-order valence-corrected chi connectivity index (χ0v) is 19.0. The fourth-order valence-electron chi connectivity index (χ4n) is 4.99. The highest BCUT2D eigenvalue weighted by Gasteiger charge is 2.31. The molecular weight excluding hydrogens is 394 g/mol. The quantitative estimate of drug-likeness (QED) is 0.719. The molecule has 0 spiro atoms. The van der Waals surface area contributed by atoms with Gasteiger partial charge in [-0.05, 0) is 48.3 Å². The van der Waals surface area contributed by atoms with Crippen LogP contribution in [0, 0.1) is 11.8 Å². The molecule has 31 heavy (non-hydrogen) atoms. The van der Waals surface area contributed by atoms with E-state index in [9.17, 15) is 4.79 Å². The highest BCUT2D eigenvalue weighted by atomic mass is 16.5. The number of ether oxygens (including phenoxy) is 3. The van der Waals surface area contributed by atoms with Crippen LogP contribution in [0.3, 0.4) is 0 Å². The van der Waals surface area contributed by atoms with Crippen molar-refractivity contribution in [2.45, 2.75) is 39.0 Å². The van der Waals surface area contributed by atoms with Gasteiger partial charge in [-0.3, -0.25) is 4.79 Å². The summed E-state index contributed by atoms with van der Waals surface area (Å²) in [5, 5.41) is 0. The number of ketones is 1. The number of rotatable bonds is 5. The average molecular weight is 426 g/mol. The van der Waals surface area contributed by atoms with Gasteiger partial charge in [0.15, 0.2) is 17.3 Å².